The van der Waals surface area contributed by atoms with Gasteiger partial charge in [0.1, 0.15) is 11.5 Å². The second kappa shape index (κ2) is 13.0. The molecule has 1 fully saturated rings. The van der Waals surface area contributed by atoms with Gasteiger partial charge >= 0.3 is 6.61 Å². The summed E-state index contributed by atoms with van der Waals surface area (Å²) < 4.78 is 40.4. The number of hydrogen-bond acceptors (Lipinski definition) is 4. The molecule has 0 radical (unpaired) electrons. The second-order valence-electron chi connectivity index (χ2n) is 7.00. The summed E-state index contributed by atoms with van der Waals surface area (Å²) in [5.74, 6) is 1.32. The Morgan fingerprint density at radius 1 is 1.24 bits per heavy atom. The van der Waals surface area contributed by atoms with Crippen molar-refractivity contribution in [3.8, 4) is 11.5 Å². The molecule has 0 unspecified atom stereocenters. The third-order valence-corrected chi connectivity index (χ3v) is 5.12. The van der Waals surface area contributed by atoms with Crippen molar-refractivity contribution in [3.05, 3.63) is 23.8 Å². The van der Waals surface area contributed by atoms with Crippen molar-refractivity contribution in [2.45, 2.75) is 45.8 Å². The molecule has 2 N–H and O–H groups in total. The lowest BCUT2D eigenvalue weighted by Gasteiger charge is -2.42. The molecule has 0 aromatic heterocycles. The summed E-state index contributed by atoms with van der Waals surface area (Å²) in [6.07, 6.45) is 4.59. The highest BCUT2D eigenvalue weighted by Gasteiger charge is 2.36. The summed E-state index contributed by atoms with van der Waals surface area (Å²) in [7, 11) is 3.25. The molecule has 2 rings (SSSR count). The Bertz CT molecular complexity index is 643. The Morgan fingerprint density at radius 3 is 2.55 bits per heavy atom. The van der Waals surface area contributed by atoms with Gasteiger partial charge < -0.3 is 24.8 Å². The first-order valence-electron chi connectivity index (χ1n) is 9.65. The molecule has 0 heterocycles. The maximum atomic E-state index is 12.7. The lowest BCUT2D eigenvalue weighted by Crippen LogP contribution is -2.47. The number of benzene rings is 1. The molecule has 9 heteroatoms. The number of rotatable bonds is 11. The van der Waals surface area contributed by atoms with E-state index >= 15 is 0 Å². The number of halogens is 3. The van der Waals surface area contributed by atoms with Crippen molar-refractivity contribution in [1.29, 1.82) is 0 Å². The van der Waals surface area contributed by atoms with E-state index in [4.69, 9.17) is 9.47 Å². The Balaban J connectivity index is 0.00000420. The zero-order chi connectivity index (χ0) is 20.4. The summed E-state index contributed by atoms with van der Waals surface area (Å²) >= 11 is 0. The summed E-state index contributed by atoms with van der Waals surface area (Å²) in [6, 6.07) is 4.73. The van der Waals surface area contributed by atoms with E-state index in [0.717, 1.165) is 19.6 Å². The third-order valence-electron chi connectivity index (χ3n) is 5.12. The maximum Gasteiger partial charge on any atom is 0.387 e. The molecule has 0 aliphatic heterocycles. The molecule has 6 nitrogen and oxygen atoms in total. The lowest BCUT2D eigenvalue weighted by atomic mass is 9.67. The predicted octanol–water partition coefficient (Wildman–Crippen LogP) is 4.18. The van der Waals surface area contributed by atoms with Gasteiger partial charge in [-0.1, -0.05) is 6.42 Å². The number of nitrogens with zero attached hydrogens (tertiary/aromatic N) is 1. The molecule has 0 amide bonds. The quantitative estimate of drug-likeness (QED) is 0.257. The largest absolute Gasteiger partial charge is 0.497 e. The van der Waals surface area contributed by atoms with Gasteiger partial charge in [0.2, 0.25) is 0 Å². The molecule has 166 valence electrons. The van der Waals surface area contributed by atoms with E-state index in [1.165, 1.54) is 32.4 Å². The summed E-state index contributed by atoms with van der Waals surface area (Å²) in [5.41, 5.74) is 0.779. The zero-order valence-electron chi connectivity index (χ0n) is 17.3. The lowest BCUT2D eigenvalue weighted by molar-refractivity contribution is -0.0504. The second-order valence-corrected chi connectivity index (χ2v) is 7.00. The first-order valence-corrected chi connectivity index (χ1v) is 9.65. The number of guanidine groups is 1. The van der Waals surface area contributed by atoms with Gasteiger partial charge in [-0.05, 0) is 49.8 Å². The van der Waals surface area contributed by atoms with Crippen LogP contribution in [0.2, 0.25) is 0 Å². The van der Waals surface area contributed by atoms with Gasteiger partial charge in [-0.15, -0.1) is 24.0 Å². The van der Waals surface area contributed by atoms with Crippen molar-refractivity contribution in [1.82, 2.24) is 10.6 Å². The monoisotopic (exact) mass is 527 g/mol. The first-order chi connectivity index (χ1) is 13.5. The van der Waals surface area contributed by atoms with Crippen LogP contribution in [0.15, 0.2) is 23.2 Å². The SMILES string of the molecule is CCNC(=NCc1cc(OC)ccc1OC(F)F)NCC1(CCOC)CCC1.I. The van der Waals surface area contributed by atoms with Crippen LogP contribution in [0.25, 0.3) is 0 Å². The van der Waals surface area contributed by atoms with Crippen LogP contribution in [0.1, 0.15) is 38.2 Å². The Morgan fingerprint density at radius 2 is 2.00 bits per heavy atom. The van der Waals surface area contributed by atoms with Gasteiger partial charge in [0.15, 0.2) is 5.96 Å². The van der Waals surface area contributed by atoms with Crippen LogP contribution in [0, 0.1) is 5.41 Å². The molecule has 1 aromatic rings. The van der Waals surface area contributed by atoms with Crippen LogP contribution in [-0.4, -0.2) is 46.5 Å². The number of hydrogen-bond donors (Lipinski definition) is 2. The number of aliphatic imine (C=N–C) groups is 1. The smallest absolute Gasteiger partial charge is 0.387 e. The van der Waals surface area contributed by atoms with Crippen molar-refractivity contribution < 1.29 is 23.0 Å². The summed E-state index contributed by atoms with van der Waals surface area (Å²) in [6.45, 7) is 1.54. The molecule has 0 atom stereocenters. The van der Waals surface area contributed by atoms with Gasteiger partial charge in [0.25, 0.3) is 0 Å². The highest BCUT2D eigenvalue weighted by atomic mass is 127. The highest BCUT2D eigenvalue weighted by molar-refractivity contribution is 14.0. The molecule has 29 heavy (non-hydrogen) atoms. The van der Waals surface area contributed by atoms with E-state index in [9.17, 15) is 8.78 Å². The van der Waals surface area contributed by atoms with Crippen molar-refractivity contribution in [3.63, 3.8) is 0 Å². The molecular formula is C20H32F2IN3O3. The minimum atomic E-state index is -2.89. The van der Waals surface area contributed by atoms with Gasteiger partial charge in [0.05, 0.1) is 13.7 Å². The minimum absolute atomic E-state index is 0. The van der Waals surface area contributed by atoms with Gasteiger partial charge in [-0.25, -0.2) is 4.99 Å². The van der Waals surface area contributed by atoms with Gasteiger partial charge in [0, 0.05) is 32.4 Å². The van der Waals surface area contributed by atoms with E-state index in [-0.39, 0.29) is 41.7 Å². The van der Waals surface area contributed by atoms with Crippen LogP contribution < -0.4 is 20.1 Å². The average molecular weight is 527 g/mol. The van der Waals surface area contributed by atoms with Crippen LogP contribution in [-0.2, 0) is 11.3 Å². The van der Waals surface area contributed by atoms with E-state index in [2.05, 4.69) is 20.4 Å². The Hall–Kier alpha value is -1.36. The molecule has 1 aromatic carbocycles. The molecule has 1 aliphatic carbocycles. The number of alkyl halides is 2. The zero-order valence-corrected chi connectivity index (χ0v) is 19.6. The van der Waals surface area contributed by atoms with Crippen molar-refractivity contribution in [2.75, 3.05) is 33.9 Å². The first kappa shape index (κ1) is 25.7. The molecule has 1 saturated carbocycles. The molecule has 0 bridgehead atoms. The normalized spacial score (nSPS) is 15.3. The summed E-state index contributed by atoms with van der Waals surface area (Å²) in [5, 5.41) is 6.60. The van der Waals surface area contributed by atoms with Crippen LogP contribution in [0.4, 0.5) is 8.78 Å². The topological polar surface area (TPSA) is 64.1 Å². The molecule has 0 saturated heterocycles. The third kappa shape index (κ3) is 8.12. The van der Waals surface area contributed by atoms with Crippen molar-refractivity contribution >= 4 is 29.9 Å². The van der Waals surface area contributed by atoms with E-state index in [1.54, 1.807) is 19.2 Å². The van der Waals surface area contributed by atoms with Crippen LogP contribution in [0.3, 0.4) is 0 Å². The fourth-order valence-electron chi connectivity index (χ4n) is 3.31. The summed E-state index contributed by atoms with van der Waals surface area (Å²) in [4.78, 5) is 4.55. The van der Waals surface area contributed by atoms with Crippen molar-refractivity contribution in [2.24, 2.45) is 10.4 Å². The van der Waals surface area contributed by atoms with Crippen LogP contribution >= 0.6 is 24.0 Å². The van der Waals surface area contributed by atoms with Gasteiger partial charge in [-0.2, -0.15) is 8.78 Å². The van der Waals surface area contributed by atoms with E-state index < -0.39 is 6.61 Å². The molecule has 1 aliphatic rings. The number of ether oxygens (including phenoxy) is 3. The average Bonchev–Trinajstić information content (AvgIpc) is 2.65. The predicted molar refractivity (Wildman–Crippen MR) is 121 cm³/mol. The standard InChI is InChI=1S/C20H31F2N3O3.HI/c1-4-23-19(25-14-20(8-5-9-20)10-11-26-2)24-13-15-12-16(27-3)6-7-17(15)28-18(21)22;/h6-7,12,18H,4-5,8-11,13-14H2,1-3H3,(H2,23,24,25);1H. The number of nitrogens with one attached hydrogen (secondary N) is 2. The Labute approximate surface area is 188 Å². The van der Waals surface area contributed by atoms with E-state index in [1.807, 2.05) is 6.92 Å². The fourth-order valence-corrected chi connectivity index (χ4v) is 3.31. The Kier molecular flexibility index (Phi) is 11.6. The fraction of sp³-hybridized carbons (Fsp3) is 0.650. The highest BCUT2D eigenvalue weighted by Crippen LogP contribution is 2.43. The minimum Gasteiger partial charge on any atom is -0.497 e. The molecule has 0 spiro atoms. The molecular weight excluding hydrogens is 495 g/mol. The van der Waals surface area contributed by atoms with E-state index in [0.29, 0.717) is 23.8 Å². The van der Waals surface area contributed by atoms with Gasteiger partial charge in [-0.3, -0.25) is 0 Å². The number of methoxy groups -OCH3 is 2. The maximum absolute atomic E-state index is 12.7. The van der Waals surface area contributed by atoms with Crippen LogP contribution in [0.5, 0.6) is 11.5 Å².